The zero-order chi connectivity index (χ0) is 12.0. The molecule has 0 spiro atoms. The summed E-state index contributed by atoms with van der Waals surface area (Å²) < 4.78 is 28.5. The van der Waals surface area contributed by atoms with Crippen molar-refractivity contribution in [3.63, 3.8) is 0 Å². The molecular formula is C11H16O3S2. The van der Waals surface area contributed by atoms with E-state index in [0.29, 0.717) is 5.56 Å². The van der Waals surface area contributed by atoms with Crippen molar-refractivity contribution in [1.29, 1.82) is 0 Å². The van der Waals surface area contributed by atoms with Crippen molar-refractivity contribution in [3.8, 4) is 0 Å². The Morgan fingerprint density at radius 1 is 1.31 bits per heavy atom. The second-order valence-electron chi connectivity index (χ2n) is 3.39. The van der Waals surface area contributed by atoms with Gasteiger partial charge in [0.1, 0.15) is 0 Å². The molecule has 0 aliphatic rings. The lowest BCUT2D eigenvalue weighted by atomic mass is 10.2. The molecule has 0 bridgehead atoms. The third-order valence-electron chi connectivity index (χ3n) is 2.09. The highest BCUT2D eigenvalue weighted by Crippen LogP contribution is 2.16. The first kappa shape index (κ1) is 13.5. The summed E-state index contributed by atoms with van der Waals surface area (Å²) in [5.74, 6) is 0.906. The monoisotopic (exact) mass is 260 g/mol. The van der Waals surface area contributed by atoms with Crippen LogP contribution in [0.3, 0.4) is 0 Å². The first-order chi connectivity index (χ1) is 7.58. The van der Waals surface area contributed by atoms with E-state index in [9.17, 15) is 8.42 Å². The molecule has 0 fully saturated rings. The van der Waals surface area contributed by atoms with Gasteiger partial charge in [0, 0.05) is 0 Å². The molecule has 0 unspecified atom stereocenters. The van der Waals surface area contributed by atoms with Crippen LogP contribution in [0.15, 0.2) is 29.2 Å². The number of benzene rings is 1. The van der Waals surface area contributed by atoms with Crippen molar-refractivity contribution >= 4 is 21.9 Å². The van der Waals surface area contributed by atoms with Crippen LogP contribution in [-0.2, 0) is 14.3 Å². The minimum absolute atomic E-state index is 0.248. The van der Waals surface area contributed by atoms with Crippen LogP contribution >= 0.6 is 11.8 Å². The fraction of sp³-hybridized carbons (Fsp3) is 0.455. The van der Waals surface area contributed by atoms with E-state index >= 15 is 0 Å². The van der Waals surface area contributed by atoms with Gasteiger partial charge in [-0.05, 0) is 37.0 Å². The van der Waals surface area contributed by atoms with E-state index in [2.05, 4.69) is 0 Å². The summed E-state index contributed by atoms with van der Waals surface area (Å²) in [6.07, 6.45) is 2.72. The molecule has 0 aliphatic heterocycles. The summed E-state index contributed by atoms with van der Waals surface area (Å²) >= 11 is 1.68. The summed E-state index contributed by atoms with van der Waals surface area (Å²) in [6, 6.07) is 6.84. The second-order valence-corrected chi connectivity index (χ2v) is 5.96. The van der Waals surface area contributed by atoms with Gasteiger partial charge in [-0.15, -0.1) is 0 Å². The average Bonchev–Trinajstić information content (AvgIpc) is 2.25. The molecule has 5 heteroatoms. The Morgan fingerprint density at radius 3 is 2.62 bits per heavy atom. The van der Waals surface area contributed by atoms with Crippen LogP contribution < -0.4 is 0 Å². The Kier molecular flexibility index (Phi) is 5.31. The molecule has 0 heterocycles. The van der Waals surface area contributed by atoms with Gasteiger partial charge in [0.2, 0.25) is 0 Å². The van der Waals surface area contributed by atoms with Gasteiger partial charge < -0.3 is 0 Å². The highest BCUT2D eigenvalue weighted by Gasteiger charge is 2.16. The van der Waals surface area contributed by atoms with Gasteiger partial charge in [-0.1, -0.05) is 18.2 Å². The quantitative estimate of drug-likeness (QED) is 0.582. The van der Waals surface area contributed by atoms with Crippen LogP contribution in [0.5, 0.6) is 0 Å². The van der Waals surface area contributed by atoms with Gasteiger partial charge >= 0.3 is 0 Å². The molecule has 90 valence electrons. The molecule has 0 aromatic heterocycles. The lowest BCUT2D eigenvalue weighted by molar-refractivity contribution is 0.319. The SMILES string of the molecule is CSCCCOS(=O)(=O)c1ccccc1C. The lowest BCUT2D eigenvalue weighted by Gasteiger charge is -2.07. The summed E-state index contributed by atoms with van der Waals surface area (Å²) in [7, 11) is -3.58. The van der Waals surface area contributed by atoms with Crippen LogP contribution in [0.2, 0.25) is 0 Å². The van der Waals surface area contributed by atoms with Crippen molar-refractivity contribution in [1.82, 2.24) is 0 Å². The van der Waals surface area contributed by atoms with E-state index in [1.807, 2.05) is 12.3 Å². The van der Waals surface area contributed by atoms with Crippen LogP contribution in [0.25, 0.3) is 0 Å². The van der Waals surface area contributed by atoms with Gasteiger partial charge in [-0.2, -0.15) is 20.2 Å². The molecule has 0 amide bonds. The van der Waals surface area contributed by atoms with E-state index in [1.165, 1.54) is 0 Å². The molecular weight excluding hydrogens is 244 g/mol. The largest absolute Gasteiger partial charge is 0.297 e. The number of hydrogen-bond acceptors (Lipinski definition) is 4. The van der Waals surface area contributed by atoms with E-state index < -0.39 is 10.1 Å². The highest BCUT2D eigenvalue weighted by molar-refractivity contribution is 7.98. The normalized spacial score (nSPS) is 11.6. The van der Waals surface area contributed by atoms with Gasteiger partial charge in [-0.25, -0.2) is 0 Å². The Labute approximate surface area is 101 Å². The molecule has 1 aromatic carbocycles. The highest BCUT2D eigenvalue weighted by atomic mass is 32.2. The van der Waals surface area contributed by atoms with Gasteiger partial charge in [-0.3, -0.25) is 4.18 Å². The molecule has 0 N–H and O–H groups in total. The molecule has 16 heavy (non-hydrogen) atoms. The first-order valence-corrected chi connectivity index (χ1v) is 7.82. The van der Waals surface area contributed by atoms with E-state index in [1.54, 1.807) is 36.9 Å². The number of thioether (sulfide) groups is 1. The Bertz CT molecular complexity index is 427. The van der Waals surface area contributed by atoms with Crippen LogP contribution in [0.4, 0.5) is 0 Å². The Hall–Kier alpha value is -0.520. The standard InChI is InChI=1S/C11H16O3S2/c1-10-6-3-4-7-11(10)16(12,13)14-8-5-9-15-2/h3-4,6-7H,5,8-9H2,1-2H3. The average molecular weight is 260 g/mol. The van der Waals surface area contributed by atoms with E-state index in [-0.39, 0.29) is 11.5 Å². The van der Waals surface area contributed by atoms with Crippen molar-refractivity contribution in [2.45, 2.75) is 18.2 Å². The molecule has 0 aliphatic carbocycles. The van der Waals surface area contributed by atoms with E-state index in [4.69, 9.17) is 4.18 Å². The topological polar surface area (TPSA) is 43.4 Å². The predicted molar refractivity (Wildman–Crippen MR) is 67.3 cm³/mol. The van der Waals surface area contributed by atoms with Gasteiger partial charge in [0.25, 0.3) is 10.1 Å². The molecule has 0 radical (unpaired) electrons. The maximum absolute atomic E-state index is 11.8. The van der Waals surface area contributed by atoms with Crippen molar-refractivity contribution in [2.75, 3.05) is 18.6 Å². The van der Waals surface area contributed by atoms with E-state index in [0.717, 1.165) is 12.2 Å². The summed E-state index contributed by atoms with van der Waals surface area (Å²) in [5.41, 5.74) is 0.715. The zero-order valence-electron chi connectivity index (χ0n) is 9.47. The van der Waals surface area contributed by atoms with Crippen molar-refractivity contribution in [2.24, 2.45) is 0 Å². The van der Waals surface area contributed by atoms with Gasteiger partial charge in [0.05, 0.1) is 11.5 Å². The fourth-order valence-corrected chi connectivity index (χ4v) is 2.85. The van der Waals surface area contributed by atoms with Crippen LogP contribution in [0.1, 0.15) is 12.0 Å². The summed E-state index contributed by atoms with van der Waals surface area (Å²) in [6.45, 7) is 2.01. The van der Waals surface area contributed by atoms with Crippen LogP contribution in [-0.4, -0.2) is 27.0 Å². The molecule has 1 rings (SSSR count). The molecule has 0 atom stereocenters. The smallest absolute Gasteiger partial charge is 0.266 e. The van der Waals surface area contributed by atoms with Crippen molar-refractivity contribution in [3.05, 3.63) is 29.8 Å². The van der Waals surface area contributed by atoms with Crippen LogP contribution in [0, 0.1) is 6.92 Å². The Morgan fingerprint density at radius 2 is 2.00 bits per heavy atom. The number of aryl methyl sites for hydroxylation is 1. The number of hydrogen-bond donors (Lipinski definition) is 0. The lowest BCUT2D eigenvalue weighted by Crippen LogP contribution is -2.09. The molecule has 0 saturated heterocycles. The molecule has 1 aromatic rings. The first-order valence-electron chi connectivity index (χ1n) is 5.02. The zero-order valence-corrected chi connectivity index (χ0v) is 11.1. The predicted octanol–water partition coefficient (Wildman–Crippen LogP) is 2.45. The maximum Gasteiger partial charge on any atom is 0.297 e. The molecule has 0 saturated carbocycles. The summed E-state index contributed by atoms with van der Waals surface area (Å²) in [4.78, 5) is 0.263. The molecule has 3 nitrogen and oxygen atoms in total. The van der Waals surface area contributed by atoms with Gasteiger partial charge in [0.15, 0.2) is 0 Å². The number of rotatable bonds is 6. The third kappa shape index (κ3) is 3.81. The minimum atomic E-state index is -3.58. The second kappa shape index (κ2) is 6.27. The summed E-state index contributed by atoms with van der Waals surface area (Å²) in [5, 5.41) is 0. The minimum Gasteiger partial charge on any atom is -0.266 e. The fourth-order valence-electron chi connectivity index (χ4n) is 1.27. The Balaban J connectivity index is 2.68. The van der Waals surface area contributed by atoms with Crippen molar-refractivity contribution < 1.29 is 12.6 Å². The maximum atomic E-state index is 11.8. The third-order valence-corrected chi connectivity index (χ3v) is 4.26.